The average Bonchev–Trinajstić information content (AvgIpc) is 2.29. The van der Waals surface area contributed by atoms with Gasteiger partial charge in [-0.3, -0.25) is 0 Å². The van der Waals surface area contributed by atoms with Crippen LogP contribution >= 0.6 is 0 Å². The molecule has 0 fully saturated rings. The Morgan fingerprint density at radius 2 is 1.82 bits per heavy atom. The summed E-state index contributed by atoms with van der Waals surface area (Å²) in [5.74, 6) is 0.745. The monoisotopic (exact) mass is 226 g/mol. The summed E-state index contributed by atoms with van der Waals surface area (Å²) >= 11 is 0. The molecule has 0 radical (unpaired) electrons. The molecule has 0 heterocycles. The highest BCUT2D eigenvalue weighted by Gasteiger charge is 2.08. The maximum Gasteiger partial charge on any atom is -0.0224 e. The van der Waals surface area contributed by atoms with Crippen LogP contribution in [0.2, 0.25) is 0 Å². The highest BCUT2D eigenvalue weighted by Crippen LogP contribution is 2.29. The Balaban J connectivity index is 2.18. The molecule has 0 atom stereocenters. The quantitative estimate of drug-likeness (QED) is 0.669. The van der Waals surface area contributed by atoms with Gasteiger partial charge >= 0.3 is 0 Å². The fourth-order valence-corrected chi connectivity index (χ4v) is 2.38. The van der Waals surface area contributed by atoms with E-state index in [1.165, 1.54) is 41.5 Å². The van der Waals surface area contributed by atoms with Crippen LogP contribution in [0.15, 0.2) is 42.0 Å². The third-order valence-corrected chi connectivity index (χ3v) is 3.25. The number of aryl methyl sites for hydroxylation is 1. The van der Waals surface area contributed by atoms with Crippen molar-refractivity contribution >= 4 is 5.57 Å². The van der Waals surface area contributed by atoms with Crippen molar-refractivity contribution in [2.45, 2.75) is 40.0 Å². The van der Waals surface area contributed by atoms with E-state index >= 15 is 0 Å². The molecular formula is C17H22. The second-order valence-corrected chi connectivity index (χ2v) is 5.45. The summed E-state index contributed by atoms with van der Waals surface area (Å²) < 4.78 is 0. The van der Waals surface area contributed by atoms with Gasteiger partial charge in [-0.05, 0) is 43.2 Å². The first-order chi connectivity index (χ1) is 8.15. The minimum absolute atomic E-state index is 0.745. The fraction of sp³-hybridized carbons (Fsp3) is 0.412. The molecule has 0 saturated heterocycles. The van der Waals surface area contributed by atoms with Gasteiger partial charge in [0.15, 0.2) is 0 Å². The number of allylic oxidation sites excluding steroid dienone is 4. The van der Waals surface area contributed by atoms with Crippen LogP contribution in [0.1, 0.15) is 44.2 Å². The Bertz CT molecular complexity index is 430. The van der Waals surface area contributed by atoms with Gasteiger partial charge in [0.05, 0.1) is 0 Å². The topological polar surface area (TPSA) is 0 Å². The minimum atomic E-state index is 0.745. The summed E-state index contributed by atoms with van der Waals surface area (Å²) in [5, 5.41) is 0. The normalized spacial score (nSPS) is 15.8. The summed E-state index contributed by atoms with van der Waals surface area (Å²) in [6.07, 6.45) is 8.38. The van der Waals surface area contributed by atoms with Crippen LogP contribution in [0.4, 0.5) is 0 Å². The Morgan fingerprint density at radius 3 is 2.47 bits per heavy atom. The molecule has 0 aromatic heterocycles. The van der Waals surface area contributed by atoms with E-state index in [1.807, 2.05) is 0 Å². The molecule has 0 nitrogen and oxygen atoms in total. The zero-order chi connectivity index (χ0) is 12.3. The first-order valence-corrected chi connectivity index (χ1v) is 6.62. The van der Waals surface area contributed by atoms with E-state index < -0.39 is 0 Å². The second-order valence-electron chi connectivity index (χ2n) is 5.45. The summed E-state index contributed by atoms with van der Waals surface area (Å²) in [5.41, 5.74) is 5.75. The van der Waals surface area contributed by atoms with Crippen LogP contribution in [0, 0.1) is 12.8 Å². The summed E-state index contributed by atoms with van der Waals surface area (Å²) in [6.45, 7) is 6.72. The van der Waals surface area contributed by atoms with E-state index in [0.29, 0.717) is 0 Å². The van der Waals surface area contributed by atoms with E-state index in [9.17, 15) is 0 Å². The molecule has 1 aliphatic rings. The number of hydrogen-bond acceptors (Lipinski definition) is 0. The Kier molecular flexibility index (Phi) is 3.83. The third-order valence-electron chi connectivity index (χ3n) is 3.25. The van der Waals surface area contributed by atoms with Crippen molar-refractivity contribution in [2.24, 2.45) is 5.92 Å². The molecular weight excluding hydrogens is 204 g/mol. The van der Waals surface area contributed by atoms with Crippen molar-refractivity contribution in [3.63, 3.8) is 0 Å². The molecule has 17 heavy (non-hydrogen) atoms. The van der Waals surface area contributed by atoms with Crippen LogP contribution < -0.4 is 0 Å². The highest BCUT2D eigenvalue weighted by atomic mass is 14.1. The summed E-state index contributed by atoms with van der Waals surface area (Å²) in [7, 11) is 0. The number of benzene rings is 1. The van der Waals surface area contributed by atoms with Crippen LogP contribution in [0.5, 0.6) is 0 Å². The van der Waals surface area contributed by atoms with Crippen LogP contribution in [-0.2, 0) is 0 Å². The van der Waals surface area contributed by atoms with Crippen LogP contribution in [-0.4, -0.2) is 0 Å². The van der Waals surface area contributed by atoms with Crippen LogP contribution in [0.3, 0.4) is 0 Å². The molecule has 0 saturated carbocycles. The molecule has 1 aliphatic carbocycles. The molecule has 0 unspecified atom stereocenters. The molecule has 1 aromatic carbocycles. The summed E-state index contributed by atoms with van der Waals surface area (Å²) in [4.78, 5) is 0. The van der Waals surface area contributed by atoms with Gasteiger partial charge in [0, 0.05) is 0 Å². The smallest absolute Gasteiger partial charge is 0.0224 e. The SMILES string of the molecule is Cc1ccc(C2=CC(CC(C)C)=CCC2)cc1. The first-order valence-electron chi connectivity index (χ1n) is 6.62. The molecule has 0 amide bonds. The molecule has 0 N–H and O–H groups in total. The second kappa shape index (κ2) is 5.35. The van der Waals surface area contributed by atoms with Crippen molar-refractivity contribution < 1.29 is 0 Å². The average molecular weight is 226 g/mol. The lowest BCUT2D eigenvalue weighted by atomic mass is 9.90. The molecule has 0 spiro atoms. The van der Waals surface area contributed by atoms with Crippen molar-refractivity contribution in [2.75, 3.05) is 0 Å². The Labute approximate surface area is 105 Å². The van der Waals surface area contributed by atoms with E-state index in [-0.39, 0.29) is 0 Å². The standard InChI is InChI=1S/C17H22/c1-13(2)11-15-5-4-6-17(12-15)16-9-7-14(3)8-10-16/h5,7-10,12-13H,4,6,11H2,1-3H3. The van der Waals surface area contributed by atoms with Gasteiger partial charge in [-0.15, -0.1) is 0 Å². The number of rotatable bonds is 3. The van der Waals surface area contributed by atoms with E-state index in [0.717, 1.165) is 5.92 Å². The Hall–Kier alpha value is -1.30. The van der Waals surface area contributed by atoms with Gasteiger partial charge in [-0.2, -0.15) is 0 Å². The summed E-state index contributed by atoms with van der Waals surface area (Å²) in [6, 6.07) is 8.91. The van der Waals surface area contributed by atoms with Gasteiger partial charge in [0.2, 0.25) is 0 Å². The lowest BCUT2D eigenvalue weighted by molar-refractivity contribution is 0.646. The van der Waals surface area contributed by atoms with Crippen LogP contribution in [0.25, 0.3) is 5.57 Å². The first kappa shape index (κ1) is 12.2. The zero-order valence-corrected chi connectivity index (χ0v) is 11.2. The molecule has 0 bridgehead atoms. The Morgan fingerprint density at radius 1 is 1.12 bits per heavy atom. The minimum Gasteiger partial charge on any atom is -0.0810 e. The van der Waals surface area contributed by atoms with Gasteiger partial charge in [0.1, 0.15) is 0 Å². The van der Waals surface area contributed by atoms with Gasteiger partial charge < -0.3 is 0 Å². The predicted molar refractivity (Wildman–Crippen MR) is 75.9 cm³/mol. The van der Waals surface area contributed by atoms with E-state index in [2.05, 4.69) is 57.2 Å². The van der Waals surface area contributed by atoms with E-state index in [1.54, 1.807) is 0 Å². The highest BCUT2D eigenvalue weighted by molar-refractivity contribution is 5.69. The lowest BCUT2D eigenvalue weighted by Crippen LogP contribution is -1.96. The fourth-order valence-electron chi connectivity index (χ4n) is 2.38. The maximum atomic E-state index is 2.40. The predicted octanol–water partition coefficient (Wildman–Crippen LogP) is 5.14. The third kappa shape index (κ3) is 3.33. The van der Waals surface area contributed by atoms with Gasteiger partial charge in [-0.1, -0.05) is 61.4 Å². The largest absolute Gasteiger partial charge is 0.0810 e. The molecule has 0 aliphatic heterocycles. The van der Waals surface area contributed by atoms with Crippen molar-refractivity contribution in [3.05, 3.63) is 53.1 Å². The maximum absolute atomic E-state index is 2.40. The molecule has 1 aromatic rings. The number of hydrogen-bond donors (Lipinski definition) is 0. The lowest BCUT2D eigenvalue weighted by Gasteiger charge is -2.15. The van der Waals surface area contributed by atoms with Crippen molar-refractivity contribution in [1.29, 1.82) is 0 Å². The van der Waals surface area contributed by atoms with Gasteiger partial charge in [0.25, 0.3) is 0 Å². The van der Waals surface area contributed by atoms with Crippen molar-refractivity contribution in [1.82, 2.24) is 0 Å². The van der Waals surface area contributed by atoms with Crippen molar-refractivity contribution in [3.8, 4) is 0 Å². The molecule has 90 valence electrons. The molecule has 2 rings (SSSR count). The van der Waals surface area contributed by atoms with Gasteiger partial charge in [-0.25, -0.2) is 0 Å². The van der Waals surface area contributed by atoms with E-state index in [4.69, 9.17) is 0 Å². The molecule has 0 heteroatoms. The zero-order valence-electron chi connectivity index (χ0n) is 11.2.